The highest BCUT2D eigenvalue weighted by molar-refractivity contribution is 5.90. The molecule has 23 heavy (non-hydrogen) atoms. The quantitative estimate of drug-likeness (QED) is 0.665. The van der Waals surface area contributed by atoms with Gasteiger partial charge in [0.2, 0.25) is 11.8 Å². The van der Waals surface area contributed by atoms with E-state index in [9.17, 15) is 14.4 Å². The molecule has 4 N–H and O–H groups in total. The number of alkyl carbamates (subject to hydrolysis) is 1. The predicted molar refractivity (Wildman–Crippen MR) is 85.3 cm³/mol. The summed E-state index contributed by atoms with van der Waals surface area (Å²) in [5.74, 6) is -1.09. The van der Waals surface area contributed by atoms with Crippen LogP contribution in [0.15, 0.2) is 30.3 Å². The molecule has 0 saturated heterocycles. The van der Waals surface area contributed by atoms with Crippen LogP contribution in [0.4, 0.5) is 4.79 Å². The second-order valence-electron chi connectivity index (χ2n) is 5.18. The zero-order chi connectivity index (χ0) is 17.2. The number of amides is 3. The highest BCUT2D eigenvalue weighted by atomic mass is 16.5. The summed E-state index contributed by atoms with van der Waals surface area (Å²) in [7, 11) is 0. The molecule has 1 rings (SSSR count). The highest BCUT2D eigenvalue weighted by Gasteiger charge is 2.22. The summed E-state index contributed by atoms with van der Waals surface area (Å²) in [4.78, 5) is 34.8. The molecule has 0 bridgehead atoms. The first-order valence-electron chi connectivity index (χ1n) is 7.51. The van der Waals surface area contributed by atoms with Crippen LogP contribution >= 0.6 is 0 Å². The number of carbonyl (C=O) groups excluding carboxylic acids is 3. The number of primary amides is 1. The second-order valence-corrected chi connectivity index (χ2v) is 5.18. The van der Waals surface area contributed by atoms with Gasteiger partial charge in [-0.3, -0.25) is 9.59 Å². The molecule has 0 fully saturated rings. The average molecular weight is 321 g/mol. The average Bonchev–Trinajstić information content (AvgIpc) is 2.53. The van der Waals surface area contributed by atoms with E-state index in [4.69, 9.17) is 10.5 Å². The van der Waals surface area contributed by atoms with Crippen LogP contribution in [0.1, 0.15) is 32.3 Å². The summed E-state index contributed by atoms with van der Waals surface area (Å²) >= 11 is 0. The summed E-state index contributed by atoms with van der Waals surface area (Å²) < 4.78 is 5.03. The molecule has 3 amide bonds. The van der Waals surface area contributed by atoms with Crippen LogP contribution in [0, 0.1) is 0 Å². The molecule has 0 aliphatic carbocycles. The third-order valence-corrected chi connectivity index (χ3v) is 3.18. The van der Waals surface area contributed by atoms with Gasteiger partial charge in [-0.05, 0) is 18.9 Å². The second kappa shape index (κ2) is 9.45. The van der Waals surface area contributed by atoms with Crippen LogP contribution < -0.4 is 16.4 Å². The summed E-state index contributed by atoms with van der Waals surface area (Å²) in [5, 5.41) is 4.92. The number of rotatable bonds is 8. The molecule has 1 aromatic rings. The number of hydrogen-bond acceptors (Lipinski definition) is 4. The summed E-state index contributed by atoms with van der Waals surface area (Å²) in [6.07, 6.45) is 0.448. The smallest absolute Gasteiger partial charge is 0.408 e. The molecule has 0 unspecified atom stereocenters. The Labute approximate surface area is 135 Å². The van der Waals surface area contributed by atoms with Crippen molar-refractivity contribution in [3.63, 3.8) is 0 Å². The zero-order valence-electron chi connectivity index (χ0n) is 13.4. The molecular weight excluding hydrogens is 298 g/mol. The number of hydrogen-bond donors (Lipinski definition) is 3. The monoisotopic (exact) mass is 321 g/mol. The molecule has 0 radical (unpaired) electrons. The topological polar surface area (TPSA) is 111 Å². The molecule has 7 heteroatoms. The van der Waals surface area contributed by atoms with Gasteiger partial charge in [-0.2, -0.15) is 0 Å². The van der Waals surface area contributed by atoms with Crippen LogP contribution in [0.2, 0.25) is 0 Å². The van der Waals surface area contributed by atoms with Gasteiger partial charge < -0.3 is 21.1 Å². The van der Waals surface area contributed by atoms with Gasteiger partial charge in [-0.15, -0.1) is 0 Å². The van der Waals surface area contributed by atoms with Crippen molar-refractivity contribution in [3.8, 4) is 0 Å². The first-order chi connectivity index (χ1) is 10.9. The Morgan fingerprint density at radius 3 is 2.39 bits per heavy atom. The van der Waals surface area contributed by atoms with E-state index < -0.39 is 30.0 Å². The molecule has 0 aliphatic rings. The zero-order valence-corrected chi connectivity index (χ0v) is 13.4. The van der Waals surface area contributed by atoms with Crippen molar-refractivity contribution < 1.29 is 19.1 Å². The highest BCUT2D eigenvalue weighted by Crippen LogP contribution is 2.01. The Bertz CT molecular complexity index is 533. The lowest BCUT2D eigenvalue weighted by molar-refractivity contribution is -0.128. The number of benzene rings is 1. The Morgan fingerprint density at radius 2 is 1.83 bits per heavy atom. The standard InChI is InChI=1S/C16H23N3O4/c1-3-7-13(14(17)20)19-15(21)11(2)18-16(22)23-10-12-8-5-4-6-9-12/h4-6,8-9,11,13H,3,7,10H2,1-2H3,(H2,17,20)(H,18,22)(H,19,21)/t11-,13+/m0/s1. The predicted octanol–water partition coefficient (Wildman–Crippen LogP) is 1.07. The lowest BCUT2D eigenvalue weighted by Gasteiger charge is -2.18. The fourth-order valence-corrected chi connectivity index (χ4v) is 1.88. The van der Waals surface area contributed by atoms with Crippen molar-refractivity contribution in [3.05, 3.63) is 35.9 Å². The molecule has 7 nitrogen and oxygen atoms in total. The van der Waals surface area contributed by atoms with E-state index in [1.54, 1.807) is 0 Å². The molecule has 0 heterocycles. The van der Waals surface area contributed by atoms with Crippen molar-refractivity contribution in [1.29, 1.82) is 0 Å². The van der Waals surface area contributed by atoms with Gasteiger partial charge in [-0.1, -0.05) is 43.7 Å². The fraction of sp³-hybridized carbons (Fsp3) is 0.438. The van der Waals surface area contributed by atoms with Crippen LogP contribution in [-0.2, 0) is 20.9 Å². The molecule has 126 valence electrons. The van der Waals surface area contributed by atoms with E-state index in [-0.39, 0.29) is 6.61 Å². The van der Waals surface area contributed by atoms with Gasteiger partial charge >= 0.3 is 6.09 Å². The molecule has 0 aliphatic heterocycles. The van der Waals surface area contributed by atoms with E-state index >= 15 is 0 Å². The Morgan fingerprint density at radius 1 is 1.17 bits per heavy atom. The molecule has 0 spiro atoms. The van der Waals surface area contributed by atoms with E-state index in [0.29, 0.717) is 12.8 Å². The van der Waals surface area contributed by atoms with Crippen molar-refractivity contribution in [2.24, 2.45) is 5.73 Å². The van der Waals surface area contributed by atoms with Crippen molar-refractivity contribution in [2.45, 2.75) is 45.4 Å². The Hall–Kier alpha value is -2.57. The Kier molecular flexibility index (Phi) is 7.59. The van der Waals surface area contributed by atoms with Gasteiger partial charge in [0, 0.05) is 0 Å². The van der Waals surface area contributed by atoms with E-state index in [2.05, 4.69) is 10.6 Å². The van der Waals surface area contributed by atoms with Gasteiger partial charge in [0.1, 0.15) is 18.7 Å². The molecule has 2 atom stereocenters. The third-order valence-electron chi connectivity index (χ3n) is 3.18. The Balaban J connectivity index is 2.41. The number of nitrogens with two attached hydrogens (primary N) is 1. The van der Waals surface area contributed by atoms with E-state index in [1.165, 1.54) is 6.92 Å². The van der Waals surface area contributed by atoms with Gasteiger partial charge in [0.05, 0.1) is 0 Å². The molecule has 1 aromatic carbocycles. The molecule has 0 aromatic heterocycles. The first-order valence-corrected chi connectivity index (χ1v) is 7.51. The van der Waals surface area contributed by atoms with Gasteiger partial charge in [0.25, 0.3) is 0 Å². The third kappa shape index (κ3) is 6.82. The van der Waals surface area contributed by atoms with Crippen LogP contribution in [0.5, 0.6) is 0 Å². The SMILES string of the molecule is CCC[C@@H](NC(=O)[C@H](C)NC(=O)OCc1ccccc1)C(N)=O. The largest absolute Gasteiger partial charge is 0.445 e. The van der Waals surface area contributed by atoms with Crippen LogP contribution in [-0.4, -0.2) is 30.0 Å². The summed E-state index contributed by atoms with van der Waals surface area (Å²) in [5.41, 5.74) is 6.06. The first kappa shape index (κ1) is 18.5. The van der Waals surface area contributed by atoms with Crippen LogP contribution in [0.25, 0.3) is 0 Å². The van der Waals surface area contributed by atoms with Gasteiger partial charge in [-0.25, -0.2) is 4.79 Å². The van der Waals surface area contributed by atoms with E-state index in [1.807, 2.05) is 37.3 Å². The maximum Gasteiger partial charge on any atom is 0.408 e. The molecule has 0 saturated carbocycles. The van der Waals surface area contributed by atoms with E-state index in [0.717, 1.165) is 5.56 Å². The van der Waals surface area contributed by atoms with Gasteiger partial charge in [0.15, 0.2) is 0 Å². The summed E-state index contributed by atoms with van der Waals surface area (Å²) in [6, 6.07) is 7.61. The molecular formula is C16H23N3O4. The normalized spacial score (nSPS) is 12.8. The lowest BCUT2D eigenvalue weighted by atomic mass is 10.1. The van der Waals surface area contributed by atoms with Crippen molar-refractivity contribution >= 4 is 17.9 Å². The number of ether oxygens (including phenoxy) is 1. The van der Waals surface area contributed by atoms with Crippen LogP contribution in [0.3, 0.4) is 0 Å². The fourth-order valence-electron chi connectivity index (χ4n) is 1.88. The maximum atomic E-state index is 12.0. The lowest BCUT2D eigenvalue weighted by Crippen LogP contribution is -2.51. The van der Waals surface area contributed by atoms with Crippen molar-refractivity contribution in [1.82, 2.24) is 10.6 Å². The summed E-state index contributed by atoms with van der Waals surface area (Å²) in [6.45, 7) is 3.49. The number of nitrogens with one attached hydrogen (secondary N) is 2. The maximum absolute atomic E-state index is 12.0. The minimum Gasteiger partial charge on any atom is -0.445 e. The van der Waals surface area contributed by atoms with Crippen molar-refractivity contribution in [2.75, 3.05) is 0 Å². The number of carbonyl (C=O) groups is 3. The minimum atomic E-state index is -0.836. The minimum absolute atomic E-state index is 0.112.